The topological polar surface area (TPSA) is 69.9 Å². The highest BCUT2D eigenvalue weighted by Gasteiger charge is 2.17. The van der Waals surface area contributed by atoms with Crippen LogP contribution >= 0.6 is 0 Å². The van der Waals surface area contributed by atoms with Crippen molar-refractivity contribution in [2.24, 2.45) is 0 Å². The first-order valence-electron chi connectivity index (χ1n) is 8.92. The number of methoxy groups -OCH3 is 1. The number of carbonyl (C=O) groups excluding carboxylic acids is 1. The SMILES string of the molecule is COc1c(/C(C)=C/C(=O)Nc2ccc3c(c2)OCO3)cc2c(C)coc2c1C. The number of rotatable bonds is 4. The van der Waals surface area contributed by atoms with Crippen LogP contribution in [0.15, 0.2) is 41.0 Å². The second-order valence-electron chi connectivity index (χ2n) is 6.76. The maximum absolute atomic E-state index is 12.5. The van der Waals surface area contributed by atoms with E-state index in [1.165, 1.54) is 0 Å². The maximum atomic E-state index is 12.5. The predicted octanol–water partition coefficient (Wildman–Crippen LogP) is 4.83. The van der Waals surface area contributed by atoms with E-state index in [9.17, 15) is 4.79 Å². The molecule has 6 heteroatoms. The summed E-state index contributed by atoms with van der Waals surface area (Å²) in [7, 11) is 1.62. The van der Waals surface area contributed by atoms with E-state index in [-0.39, 0.29) is 12.7 Å². The Kier molecular flexibility index (Phi) is 4.47. The maximum Gasteiger partial charge on any atom is 0.248 e. The van der Waals surface area contributed by atoms with Gasteiger partial charge in [0.05, 0.1) is 13.4 Å². The number of hydrogen-bond acceptors (Lipinski definition) is 5. The first-order chi connectivity index (χ1) is 13.5. The molecule has 4 rings (SSSR count). The number of aryl methyl sites for hydroxylation is 2. The third kappa shape index (κ3) is 3.07. The van der Waals surface area contributed by atoms with Crippen LogP contribution in [0.4, 0.5) is 5.69 Å². The lowest BCUT2D eigenvalue weighted by molar-refractivity contribution is -0.111. The van der Waals surface area contributed by atoms with Gasteiger partial charge in [0.1, 0.15) is 11.3 Å². The highest BCUT2D eigenvalue weighted by Crippen LogP contribution is 2.37. The lowest BCUT2D eigenvalue weighted by Crippen LogP contribution is -2.08. The van der Waals surface area contributed by atoms with Gasteiger partial charge in [0.2, 0.25) is 12.7 Å². The minimum atomic E-state index is -0.236. The Morgan fingerprint density at radius 3 is 2.75 bits per heavy atom. The van der Waals surface area contributed by atoms with Crippen molar-refractivity contribution in [2.45, 2.75) is 20.8 Å². The van der Waals surface area contributed by atoms with Crippen LogP contribution in [0.3, 0.4) is 0 Å². The first-order valence-corrected chi connectivity index (χ1v) is 8.92. The highest BCUT2D eigenvalue weighted by atomic mass is 16.7. The van der Waals surface area contributed by atoms with Gasteiger partial charge in [-0.3, -0.25) is 4.79 Å². The number of carbonyl (C=O) groups is 1. The fourth-order valence-electron chi connectivity index (χ4n) is 3.42. The van der Waals surface area contributed by atoms with Gasteiger partial charge in [-0.15, -0.1) is 0 Å². The highest BCUT2D eigenvalue weighted by molar-refractivity contribution is 6.05. The van der Waals surface area contributed by atoms with E-state index in [0.717, 1.165) is 33.2 Å². The van der Waals surface area contributed by atoms with E-state index in [4.69, 9.17) is 18.6 Å². The van der Waals surface area contributed by atoms with Crippen molar-refractivity contribution in [1.82, 2.24) is 0 Å². The van der Waals surface area contributed by atoms with Gasteiger partial charge in [-0.1, -0.05) is 0 Å². The molecule has 28 heavy (non-hydrogen) atoms. The average Bonchev–Trinajstić information content (AvgIpc) is 3.28. The molecule has 0 saturated heterocycles. The number of amides is 1. The summed E-state index contributed by atoms with van der Waals surface area (Å²) in [5.74, 6) is 1.76. The number of allylic oxidation sites excluding steroid dienone is 1. The molecule has 0 radical (unpaired) electrons. The molecule has 0 unspecified atom stereocenters. The Labute approximate surface area is 162 Å². The zero-order valence-corrected chi connectivity index (χ0v) is 16.2. The van der Waals surface area contributed by atoms with Gasteiger partial charge in [-0.25, -0.2) is 0 Å². The summed E-state index contributed by atoms with van der Waals surface area (Å²) in [6.07, 6.45) is 3.29. The summed E-state index contributed by atoms with van der Waals surface area (Å²) in [6, 6.07) is 7.30. The molecule has 0 saturated carbocycles. The zero-order valence-electron chi connectivity index (χ0n) is 16.2. The minimum absolute atomic E-state index is 0.195. The summed E-state index contributed by atoms with van der Waals surface area (Å²) in [5.41, 5.74) is 5.04. The molecule has 1 amide bonds. The molecule has 1 aromatic heterocycles. The molecule has 0 atom stereocenters. The molecule has 1 N–H and O–H groups in total. The van der Waals surface area contributed by atoms with Crippen LogP contribution in [0.2, 0.25) is 0 Å². The van der Waals surface area contributed by atoms with Gasteiger partial charge in [-0.05, 0) is 50.1 Å². The smallest absolute Gasteiger partial charge is 0.248 e. The first kappa shape index (κ1) is 18.0. The summed E-state index contributed by atoms with van der Waals surface area (Å²) in [5, 5.41) is 3.87. The Hall–Kier alpha value is -3.41. The Morgan fingerprint density at radius 1 is 1.18 bits per heavy atom. The lowest BCUT2D eigenvalue weighted by Gasteiger charge is -2.13. The van der Waals surface area contributed by atoms with Crippen molar-refractivity contribution >= 4 is 28.1 Å². The number of anilines is 1. The zero-order chi connectivity index (χ0) is 19.8. The standard InChI is InChI=1S/C22H21NO5/c1-12(7-20(24)23-15-5-6-18-19(8-15)28-11-27-18)16-9-17-13(2)10-26-22(17)14(3)21(16)25-4/h5-10H,11H2,1-4H3,(H,23,24)/b12-7+. The number of hydrogen-bond donors (Lipinski definition) is 1. The molecular formula is C22H21NO5. The van der Waals surface area contributed by atoms with E-state index >= 15 is 0 Å². The number of ether oxygens (including phenoxy) is 3. The lowest BCUT2D eigenvalue weighted by atomic mass is 9.98. The molecule has 0 spiro atoms. The van der Waals surface area contributed by atoms with Gasteiger partial charge < -0.3 is 23.9 Å². The molecule has 6 nitrogen and oxygen atoms in total. The van der Waals surface area contributed by atoms with Gasteiger partial charge in [0.15, 0.2) is 11.5 Å². The number of fused-ring (bicyclic) bond motifs is 2. The summed E-state index contributed by atoms with van der Waals surface area (Å²) < 4.78 is 21.9. The molecule has 0 aliphatic carbocycles. The Bertz CT molecular complexity index is 1110. The van der Waals surface area contributed by atoms with Crippen LogP contribution < -0.4 is 19.5 Å². The normalized spacial score (nSPS) is 13.1. The van der Waals surface area contributed by atoms with Gasteiger partial charge >= 0.3 is 0 Å². The minimum Gasteiger partial charge on any atom is -0.496 e. The van der Waals surface area contributed by atoms with Gasteiger partial charge in [-0.2, -0.15) is 0 Å². The van der Waals surface area contributed by atoms with Crippen LogP contribution in [-0.4, -0.2) is 19.8 Å². The van der Waals surface area contributed by atoms with Crippen molar-refractivity contribution in [3.8, 4) is 17.2 Å². The van der Waals surface area contributed by atoms with Crippen molar-refractivity contribution in [3.63, 3.8) is 0 Å². The van der Waals surface area contributed by atoms with E-state index in [1.807, 2.05) is 26.8 Å². The monoisotopic (exact) mass is 379 g/mol. The van der Waals surface area contributed by atoms with E-state index in [2.05, 4.69) is 5.32 Å². The average molecular weight is 379 g/mol. The second-order valence-corrected chi connectivity index (χ2v) is 6.76. The molecule has 0 bridgehead atoms. The van der Waals surface area contributed by atoms with Gasteiger partial charge in [0.25, 0.3) is 0 Å². The van der Waals surface area contributed by atoms with Crippen molar-refractivity contribution in [3.05, 3.63) is 53.3 Å². The fraction of sp³-hybridized carbons (Fsp3) is 0.227. The Balaban J connectivity index is 1.64. The van der Waals surface area contributed by atoms with Crippen LogP contribution in [-0.2, 0) is 4.79 Å². The fourth-order valence-corrected chi connectivity index (χ4v) is 3.42. The number of furan rings is 1. The summed E-state index contributed by atoms with van der Waals surface area (Å²) >= 11 is 0. The second kappa shape index (κ2) is 6.96. The van der Waals surface area contributed by atoms with E-state index < -0.39 is 0 Å². The summed E-state index contributed by atoms with van der Waals surface area (Å²) in [6.45, 7) is 6.03. The quantitative estimate of drug-likeness (QED) is 0.658. The number of benzene rings is 2. The van der Waals surface area contributed by atoms with Crippen LogP contribution in [0.1, 0.15) is 23.6 Å². The molecule has 2 heterocycles. The third-order valence-corrected chi connectivity index (χ3v) is 4.85. The summed E-state index contributed by atoms with van der Waals surface area (Å²) in [4.78, 5) is 12.5. The van der Waals surface area contributed by atoms with Crippen LogP contribution in [0.5, 0.6) is 17.2 Å². The van der Waals surface area contributed by atoms with Crippen molar-refractivity contribution in [1.29, 1.82) is 0 Å². The van der Waals surface area contributed by atoms with Gasteiger partial charge in [0, 0.05) is 34.3 Å². The molecule has 0 fully saturated rings. The Morgan fingerprint density at radius 2 is 1.96 bits per heavy atom. The van der Waals surface area contributed by atoms with E-state index in [0.29, 0.717) is 22.9 Å². The van der Waals surface area contributed by atoms with Crippen LogP contribution in [0.25, 0.3) is 16.5 Å². The van der Waals surface area contributed by atoms with Crippen LogP contribution in [0, 0.1) is 13.8 Å². The molecule has 144 valence electrons. The predicted molar refractivity (Wildman–Crippen MR) is 107 cm³/mol. The molecular weight excluding hydrogens is 358 g/mol. The van der Waals surface area contributed by atoms with E-state index in [1.54, 1.807) is 37.6 Å². The van der Waals surface area contributed by atoms with Crippen molar-refractivity contribution in [2.75, 3.05) is 19.2 Å². The molecule has 3 aromatic rings. The van der Waals surface area contributed by atoms with Crippen molar-refractivity contribution < 1.29 is 23.4 Å². The molecule has 2 aromatic carbocycles. The third-order valence-electron chi connectivity index (χ3n) is 4.85. The molecule has 1 aliphatic heterocycles. The number of nitrogens with one attached hydrogen (secondary N) is 1. The molecule has 1 aliphatic rings. The largest absolute Gasteiger partial charge is 0.496 e.